The minimum atomic E-state index is 0.570. The molecule has 2 N–H and O–H groups in total. The third kappa shape index (κ3) is 1.58. The third-order valence-electron chi connectivity index (χ3n) is 2.14. The average molecular weight is 183 g/mol. The molecule has 0 aliphatic carbocycles. The fourth-order valence-corrected chi connectivity index (χ4v) is 2.62. The first-order chi connectivity index (χ1) is 5.86. The van der Waals surface area contributed by atoms with Crippen LogP contribution in [0.1, 0.15) is 18.9 Å². The first kappa shape index (κ1) is 7.98. The van der Waals surface area contributed by atoms with Crippen molar-refractivity contribution in [1.82, 2.24) is 9.78 Å². The molecule has 3 nitrogen and oxygen atoms in total. The number of rotatable bonds is 1. The lowest BCUT2D eigenvalue weighted by atomic mass is 10.2. The van der Waals surface area contributed by atoms with Gasteiger partial charge in [0.25, 0.3) is 0 Å². The van der Waals surface area contributed by atoms with Crippen molar-refractivity contribution < 1.29 is 0 Å². The summed E-state index contributed by atoms with van der Waals surface area (Å²) < 4.78 is 2.00. The van der Waals surface area contributed by atoms with E-state index in [9.17, 15) is 0 Å². The van der Waals surface area contributed by atoms with Crippen LogP contribution in [0, 0.1) is 0 Å². The first-order valence-corrected chi connectivity index (χ1v) is 5.40. The number of thioether (sulfide) groups is 1. The van der Waals surface area contributed by atoms with E-state index in [0.29, 0.717) is 11.9 Å². The number of nitrogen functional groups attached to an aromatic ring is 1. The maximum Gasteiger partial charge on any atom is 0.145 e. The van der Waals surface area contributed by atoms with Crippen molar-refractivity contribution in [1.29, 1.82) is 0 Å². The SMILES string of the molecule is Nc1ccn(C2CCCSC2)n1. The van der Waals surface area contributed by atoms with Gasteiger partial charge in [-0.25, -0.2) is 0 Å². The van der Waals surface area contributed by atoms with E-state index in [-0.39, 0.29) is 0 Å². The highest BCUT2D eigenvalue weighted by Crippen LogP contribution is 2.26. The lowest BCUT2D eigenvalue weighted by Crippen LogP contribution is -2.16. The van der Waals surface area contributed by atoms with Crippen molar-refractivity contribution in [2.24, 2.45) is 0 Å². The Morgan fingerprint density at radius 3 is 3.17 bits per heavy atom. The summed E-state index contributed by atoms with van der Waals surface area (Å²) in [5.41, 5.74) is 5.55. The predicted molar refractivity (Wildman–Crippen MR) is 52.2 cm³/mol. The summed E-state index contributed by atoms with van der Waals surface area (Å²) >= 11 is 2.01. The molecule has 0 radical (unpaired) electrons. The average Bonchev–Trinajstić information content (AvgIpc) is 2.54. The van der Waals surface area contributed by atoms with E-state index in [1.165, 1.54) is 24.3 Å². The van der Waals surface area contributed by atoms with Gasteiger partial charge in [0, 0.05) is 11.9 Å². The van der Waals surface area contributed by atoms with Gasteiger partial charge in [-0.2, -0.15) is 16.9 Å². The van der Waals surface area contributed by atoms with E-state index in [2.05, 4.69) is 5.10 Å². The summed E-state index contributed by atoms with van der Waals surface area (Å²) in [7, 11) is 0. The molecule has 1 atom stereocenters. The van der Waals surface area contributed by atoms with Crippen molar-refractivity contribution in [2.45, 2.75) is 18.9 Å². The van der Waals surface area contributed by atoms with Crippen LogP contribution in [0.2, 0.25) is 0 Å². The van der Waals surface area contributed by atoms with Crippen LogP contribution in [0.5, 0.6) is 0 Å². The van der Waals surface area contributed by atoms with Crippen LogP contribution < -0.4 is 5.73 Å². The van der Waals surface area contributed by atoms with E-state index < -0.39 is 0 Å². The molecule has 12 heavy (non-hydrogen) atoms. The molecule has 66 valence electrons. The minimum absolute atomic E-state index is 0.570. The van der Waals surface area contributed by atoms with Gasteiger partial charge >= 0.3 is 0 Å². The molecule has 1 aromatic rings. The van der Waals surface area contributed by atoms with Crippen molar-refractivity contribution >= 4 is 17.6 Å². The summed E-state index contributed by atoms with van der Waals surface area (Å²) in [4.78, 5) is 0. The van der Waals surface area contributed by atoms with Crippen LogP contribution in [-0.2, 0) is 0 Å². The van der Waals surface area contributed by atoms with Gasteiger partial charge in [0.1, 0.15) is 5.82 Å². The van der Waals surface area contributed by atoms with E-state index in [1.54, 1.807) is 0 Å². The molecule has 2 rings (SSSR count). The summed E-state index contributed by atoms with van der Waals surface area (Å²) in [6, 6.07) is 2.43. The molecule has 0 bridgehead atoms. The monoisotopic (exact) mass is 183 g/mol. The van der Waals surface area contributed by atoms with Gasteiger partial charge in [-0.1, -0.05) is 0 Å². The Morgan fingerprint density at radius 2 is 2.58 bits per heavy atom. The Balaban J connectivity index is 2.08. The second kappa shape index (κ2) is 3.39. The molecule has 1 aromatic heterocycles. The van der Waals surface area contributed by atoms with E-state index >= 15 is 0 Å². The molecule has 0 amide bonds. The molecule has 0 spiro atoms. The summed E-state index contributed by atoms with van der Waals surface area (Å²) in [6.45, 7) is 0. The summed E-state index contributed by atoms with van der Waals surface area (Å²) in [5, 5.41) is 4.22. The topological polar surface area (TPSA) is 43.8 Å². The van der Waals surface area contributed by atoms with Crippen molar-refractivity contribution in [3.63, 3.8) is 0 Å². The maximum absolute atomic E-state index is 5.55. The molecule has 0 aromatic carbocycles. The predicted octanol–water partition coefficient (Wildman–Crippen LogP) is 1.53. The van der Waals surface area contributed by atoms with Gasteiger partial charge in [0.15, 0.2) is 0 Å². The zero-order valence-electron chi connectivity index (χ0n) is 6.94. The number of hydrogen-bond acceptors (Lipinski definition) is 3. The molecule has 1 aliphatic rings. The van der Waals surface area contributed by atoms with E-state index in [4.69, 9.17) is 5.73 Å². The first-order valence-electron chi connectivity index (χ1n) is 4.24. The third-order valence-corrected chi connectivity index (χ3v) is 3.34. The van der Waals surface area contributed by atoms with Crippen LogP contribution >= 0.6 is 11.8 Å². The van der Waals surface area contributed by atoms with Gasteiger partial charge in [-0.15, -0.1) is 0 Å². The smallest absolute Gasteiger partial charge is 0.145 e. The Bertz CT molecular complexity index is 253. The van der Waals surface area contributed by atoms with E-state index in [1.807, 2.05) is 28.7 Å². The van der Waals surface area contributed by atoms with Crippen LogP contribution in [0.4, 0.5) is 5.82 Å². The van der Waals surface area contributed by atoms with Crippen molar-refractivity contribution in [2.75, 3.05) is 17.2 Å². The van der Waals surface area contributed by atoms with Gasteiger partial charge in [-0.3, -0.25) is 4.68 Å². The second-order valence-corrected chi connectivity index (χ2v) is 4.24. The van der Waals surface area contributed by atoms with Gasteiger partial charge < -0.3 is 5.73 Å². The fraction of sp³-hybridized carbons (Fsp3) is 0.625. The lowest BCUT2D eigenvalue weighted by molar-refractivity contribution is 0.456. The molecular formula is C8H13N3S. The second-order valence-electron chi connectivity index (χ2n) is 3.09. The van der Waals surface area contributed by atoms with Gasteiger partial charge in [0.2, 0.25) is 0 Å². The zero-order chi connectivity index (χ0) is 8.39. The van der Waals surface area contributed by atoms with E-state index in [0.717, 1.165) is 0 Å². The largest absolute Gasteiger partial charge is 0.382 e. The highest BCUT2D eigenvalue weighted by Gasteiger charge is 2.15. The summed E-state index contributed by atoms with van der Waals surface area (Å²) in [6.07, 6.45) is 4.52. The molecule has 1 saturated heterocycles. The number of aromatic nitrogens is 2. The Labute approximate surface area is 76.3 Å². The zero-order valence-corrected chi connectivity index (χ0v) is 7.76. The molecule has 0 saturated carbocycles. The van der Waals surface area contributed by atoms with Gasteiger partial charge in [-0.05, 0) is 24.7 Å². The lowest BCUT2D eigenvalue weighted by Gasteiger charge is -2.21. The number of nitrogens with two attached hydrogens (primary N) is 1. The van der Waals surface area contributed by atoms with Crippen LogP contribution in [0.15, 0.2) is 12.3 Å². The Morgan fingerprint density at radius 1 is 1.67 bits per heavy atom. The van der Waals surface area contributed by atoms with Crippen molar-refractivity contribution in [3.8, 4) is 0 Å². The Hall–Kier alpha value is -0.640. The Kier molecular flexibility index (Phi) is 2.26. The quantitative estimate of drug-likeness (QED) is 0.718. The molecule has 2 heterocycles. The van der Waals surface area contributed by atoms with Crippen LogP contribution in [0.3, 0.4) is 0 Å². The van der Waals surface area contributed by atoms with Gasteiger partial charge in [0.05, 0.1) is 6.04 Å². The van der Waals surface area contributed by atoms with Crippen LogP contribution in [-0.4, -0.2) is 21.3 Å². The minimum Gasteiger partial charge on any atom is -0.382 e. The number of hydrogen-bond donors (Lipinski definition) is 1. The fourth-order valence-electron chi connectivity index (χ4n) is 1.49. The maximum atomic E-state index is 5.55. The van der Waals surface area contributed by atoms with Crippen molar-refractivity contribution in [3.05, 3.63) is 12.3 Å². The highest BCUT2D eigenvalue weighted by molar-refractivity contribution is 7.99. The molecule has 1 aliphatic heterocycles. The standard InChI is InChI=1S/C8H13N3S/c9-8-3-4-11(10-8)7-2-1-5-12-6-7/h3-4,7H,1-2,5-6H2,(H2,9,10). The number of anilines is 1. The normalized spacial score (nSPS) is 24.2. The molecule has 1 unspecified atom stereocenters. The molecular weight excluding hydrogens is 170 g/mol. The molecule has 1 fully saturated rings. The summed E-state index contributed by atoms with van der Waals surface area (Å²) in [5.74, 6) is 3.11. The highest BCUT2D eigenvalue weighted by atomic mass is 32.2. The molecule has 4 heteroatoms. The van der Waals surface area contributed by atoms with Crippen LogP contribution in [0.25, 0.3) is 0 Å². The number of nitrogens with zero attached hydrogens (tertiary/aromatic N) is 2.